The van der Waals surface area contributed by atoms with E-state index in [2.05, 4.69) is 15.6 Å². The normalized spacial score (nSPS) is 18.6. The van der Waals surface area contributed by atoms with Crippen LogP contribution in [0.5, 0.6) is 5.75 Å². The summed E-state index contributed by atoms with van der Waals surface area (Å²) < 4.78 is 5.23. The van der Waals surface area contributed by atoms with Crippen LogP contribution in [0, 0.1) is 6.92 Å². The Hall–Kier alpha value is -1.73. The van der Waals surface area contributed by atoms with E-state index >= 15 is 0 Å². The van der Waals surface area contributed by atoms with Crippen LogP contribution in [0.1, 0.15) is 25.3 Å². The Morgan fingerprint density at radius 1 is 1.50 bits per heavy atom. The third-order valence-electron chi connectivity index (χ3n) is 3.38. The summed E-state index contributed by atoms with van der Waals surface area (Å²) >= 11 is 7.34. The Bertz CT molecular complexity index is 679. The third kappa shape index (κ3) is 4.64. The van der Waals surface area contributed by atoms with E-state index in [1.54, 1.807) is 12.1 Å². The molecule has 1 aromatic carbocycles. The summed E-state index contributed by atoms with van der Waals surface area (Å²) in [6, 6.07) is 3.40. The van der Waals surface area contributed by atoms with Gasteiger partial charge in [0.15, 0.2) is 5.17 Å². The van der Waals surface area contributed by atoms with E-state index in [0.717, 1.165) is 12.0 Å². The fourth-order valence-corrected chi connectivity index (χ4v) is 3.28. The molecular weight excluding hydrogens is 350 g/mol. The molecule has 1 fully saturated rings. The fraction of sp³-hybridized carbons (Fsp3) is 0.438. The number of rotatable bonds is 6. The van der Waals surface area contributed by atoms with Crippen molar-refractivity contribution in [2.75, 3.05) is 19.0 Å². The molecule has 0 spiro atoms. The van der Waals surface area contributed by atoms with E-state index in [9.17, 15) is 9.59 Å². The standard InChI is InChI=1S/C16H20ClN3O3S/c1-4-5-18-16-20-15(22)13(24-16)8-14(21)19-11-6-9(2)10(17)7-12(11)23-3/h6-7,13H,4-5,8H2,1-3H3,(H,19,21)(H,18,20,22)/t13-/m1/s1. The lowest BCUT2D eigenvalue weighted by Gasteiger charge is -2.13. The van der Waals surface area contributed by atoms with Crippen LogP contribution in [0.15, 0.2) is 17.1 Å². The van der Waals surface area contributed by atoms with Gasteiger partial charge in [0, 0.05) is 24.1 Å². The highest BCUT2D eigenvalue weighted by molar-refractivity contribution is 8.15. The van der Waals surface area contributed by atoms with Crippen molar-refractivity contribution in [2.24, 2.45) is 4.99 Å². The molecule has 1 saturated heterocycles. The van der Waals surface area contributed by atoms with Crippen molar-refractivity contribution < 1.29 is 14.3 Å². The number of aryl methyl sites for hydroxylation is 1. The molecule has 0 radical (unpaired) electrons. The van der Waals surface area contributed by atoms with Crippen molar-refractivity contribution in [3.05, 3.63) is 22.7 Å². The summed E-state index contributed by atoms with van der Waals surface area (Å²) in [5.41, 5.74) is 1.36. The topological polar surface area (TPSA) is 79.8 Å². The number of thioether (sulfide) groups is 1. The number of nitrogens with one attached hydrogen (secondary N) is 2. The molecule has 0 unspecified atom stereocenters. The molecule has 1 heterocycles. The first-order valence-corrected chi connectivity index (χ1v) is 8.86. The van der Waals surface area contributed by atoms with Crippen molar-refractivity contribution in [1.29, 1.82) is 0 Å². The number of anilines is 1. The van der Waals surface area contributed by atoms with E-state index in [4.69, 9.17) is 16.3 Å². The van der Waals surface area contributed by atoms with Gasteiger partial charge in [-0.3, -0.25) is 14.6 Å². The van der Waals surface area contributed by atoms with Crippen molar-refractivity contribution in [1.82, 2.24) is 5.32 Å². The van der Waals surface area contributed by atoms with Crippen molar-refractivity contribution >= 4 is 46.0 Å². The second-order valence-electron chi connectivity index (χ2n) is 5.34. The quantitative estimate of drug-likeness (QED) is 0.807. The molecule has 6 nitrogen and oxygen atoms in total. The van der Waals surface area contributed by atoms with Crippen molar-refractivity contribution in [3.8, 4) is 5.75 Å². The molecule has 1 aromatic rings. The first kappa shape index (κ1) is 18.6. The maximum absolute atomic E-state index is 12.3. The number of ether oxygens (including phenoxy) is 1. The molecule has 130 valence electrons. The third-order valence-corrected chi connectivity index (χ3v) is 4.91. The van der Waals surface area contributed by atoms with Gasteiger partial charge in [0.05, 0.1) is 12.8 Å². The van der Waals surface area contributed by atoms with Gasteiger partial charge < -0.3 is 15.4 Å². The molecule has 0 aliphatic carbocycles. The average molecular weight is 370 g/mol. The minimum absolute atomic E-state index is 0.0620. The first-order valence-electron chi connectivity index (χ1n) is 7.60. The van der Waals surface area contributed by atoms with Crippen LogP contribution < -0.4 is 15.4 Å². The minimum atomic E-state index is -0.472. The predicted molar refractivity (Wildman–Crippen MR) is 98.1 cm³/mol. The highest BCUT2D eigenvalue weighted by atomic mass is 35.5. The van der Waals surface area contributed by atoms with E-state index in [-0.39, 0.29) is 18.2 Å². The van der Waals surface area contributed by atoms with Gasteiger partial charge >= 0.3 is 0 Å². The molecule has 0 saturated carbocycles. The van der Waals surface area contributed by atoms with Crippen molar-refractivity contribution in [3.63, 3.8) is 0 Å². The lowest BCUT2D eigenvalue weighted by molar-refractivity contribution is -0.122. The van der Waals surface area contributed by atoms with Crippen LogP contribution in [-0.4, -0.2) is 35.9 Å². The number of halogens is 1. The smallest absolute Gasteiger partial charge is 0.240 e. The summed E-state index contributed by atoms with van der Waals surface area (Å²) in [5, 5.41) is 6.15. The maximum atomic E-state index is 12.3. The van der Waals surface area contributed by atoms with Gasteiger partial charge in [-0.25, -0.2) is 0 Å². The van der Waals surface area contributed by atoms with Gasteiger partial charge in [0.1, 0.15) is 11.0 Å². The van der Waals surface area contributed by atoms with Crippen LogP contribution in [-0.2, 0) is 9.59 Å². The number of methoxy groups -OCH3 is 1. The van der Waals surface area contributed by atoms with Gasteiger partial charge in [-0.05, 0) is 25.0 Å². The van der Waals surface area contributed by atoms with Crippen LogP contribution in [0.25, 0.3) is 0 Å². The molecule has 2 amide bonds. The first-order chi connectivity index (χ1) is 11.4. The van der Waals surface area contributed by atoms with Crippen LogP contribution in [0.3, 0.4) is 0 Å². The summed E-state index contributed by atoms with van der Waals surface area (Å²) in [6.07, 6.45) is 0.966. The maximum Gasteiger partial charge on any atom is 0.240 e. The van der Waals surface area contributed by atoms with Gasteiger partial charge in [-0.1, -0.05) is 30.3 Å². The van der Waals surface area contributed by atoms with E-state index in [1.807, 2.05) is 13.8 Å². The summed E-state index contributed by atoms with van der Waals surface area (Å²) in [5.74, 6) is 0.0244. The Balaban J connectivity index is 2.01. The lowest BCUT2D eigenvalue weighted by atomic mass is 10.2. The molecule has 0 bridgehead atoms. The number of amidine groups is 1. The number of amides is 2. The largest absolute Gasteiger partial charge is 0.495 e. The van der Waals surface area contributed by atoms with Gasteiger partial charge in [0.2, 0.25) is 11.8 Å². The second-order valence-corrected chi connectivity index (χ2v) is 6.94. The molecule has 2 N–H and O–H groups in total. The SMILES string of the molecule is CCCN=C1NC(=O)[C@@H](CC(=O)Nc2cc(C)c(Cl)cc2OC)S1. The number of carbonyl (C=O) groups is 2. The summed E-state index contributed by atoms with van der Waals surface area (Å²) in [7, 11) is 1.51. The molecule has 0 aromatic heterocycles. The zero-order chi connectivity index (χ0) is 17.7. The highest BCUT2D eigenvalue weighted by Gasteiger charge is 2.32. The Morgan fingerprint density at radius 3 is 2.92 bits per heavy atom. The van der Waals surface area contributed by atoms with Crippen LogP contribution in [0.2, 0.25) is 5.02 Å². The fourth-order valence-electron chi connectivity index (χ4n) is 2.13. The van der Waals surface area contributed by atoms with Crippen LogP contribution >= 0.6 is 23.4 Å². The Morgan fingerprint density at radius 2 is 2.25 bits per heavy atom. The number of hydrogen-bond acceptors (Lipinski definition) is 5. The monoisotopic (exact) mass is 369 g/mol. The summed E-state index contributed by atoms with van der Waals surface area (Å²) in [6.45, 7) is 4.51. The Kier molecular flexibility index (Phi) is 6.51. The second kappa shape index (κ2) is 8.39. The number of carbonyl (C=O) groups excluding carboxylic acids is 2. The molecule has 1 aliphatic rings. The van der Waals surface area contributed by atoms with Gasteiger partial charge in [-0.15, -0.1) is 0 Å². The molecule has 2 rings (SSSR count). The average Bonchev–Trinajstić information content (AvgIpc) is 2.88. The number of hydrogen-bond donors (Lipinski definition) is 2. The van der Waals surface area contributed by atoms with Gasteiger partial charge in [-0.2, -0.15) is 0 Å². The van der Waals surface area contributed by atoms with E-state index in [0.29, 0.717) is 28.2 Å². The van der Waals surface area contributed by atoms with Crippen molar-refractivity contribution in [2.45, 2.75) is 31.9 Å². The molecule has 1 aliphatic heterocycles. The number of benzene rings is 1. The van der Waals surface area contributed by atoms with Gasteiger partial charge in [0.25, 0.3) is 0 Å². The Labute approximate surface area is 150 Å². The minimum Gasteiger partial charge on any atom is -0.495 e. The molecule has 1 atom stereocenters. The van der Waals surface area contributed by atoms with E-state index < -0.39 is 5.25 Å². The number of aliphatic imine (C=N–C) groups is 1. The van der Waals surface area contributed by atoms with Crippen LogP contribution in [0.4, 0.5) is 5.69 Å². The zero-order valence-electron chi connectivity index (χ0n) is 13.8. The molecule has 24 heavy (non-hydrogen) atoms. The molecule has 8 heteroatoms. The number of nitrogens with zero attached hydrogens (tertiary/aromatic N) is 1. The van der Waals surface area contributed by atoms with E-state index in [1.165, 1.54) is 18.9 Å². The summed E-state index contributed by atoms with van der Waals surface area (Å²) in [4.78, 5) is 28.5. The lowest BCUT2D eigenvalue weighted by Crippen LogP contribution is -2.28. The zero-order valence-corrected chi connectivity index (χ0v) is 15.4. The highest BCUT2D eigenvalue weighted by Crippen LogP contribution is 2.31. The predicted octanol–water partition coefficient (Wildman–Crippen LogP) is 2.98. The molecular formula is C16H20ClN3O3S.